The van der Waals surface area contributed by atoms with Crippen LogP contribution in [0.15, 0.2) is 0 Å². The van der Waals surface area contributed by atoms with Gasteiger partial charge in [0.25, 0.3) is 0 Å². The van der Waals surface area contributed by atoms with Crippen LogP contribution in [0, 0.1) is 11.8 Å². The van der Waals surface area contributed by atoms with Gasteiger partial charge in [0.05, 0.1) is 11.5 Å². The molecule has 0 saturated heterocycles. The molecule has 0 aromatic carbocycles. The Morgan fingerprint density at radius 3 is 2.78 bits per heavy atom. The lowest BCUT2D eigenvalue weighted by Crippen LogP contribution is -1.80. The Balaban J connectivity index is 3.16. The molecule has 9 heavy (non-hydrogen) atoms. The SMILES string of the molecule is CC(Br)C#CCCCF. The van der Waals surface area contributed by atoms with Crippen LogP contribution in [0.5, 0.6) is 0 Å². The molecule has 52 valence electrons. The highest BCUT2D eigenvalue weighted by Crippen LogP contribution is 1.94. The fourth-order valence-corrected chi connectivity index (χ4v) is 0.530. The van der Waals surface area contributed by atoms with E-state index in [9.17, 15) is 4.39 Å². The van der Waals surface area contributed by atoms with E-state index in [0.29, 0.717) is 12.8 Å². The lowest BCUT2D eigenvalue weighted by atomic mass is 10.3. The van der Waals surface area contributed by atoms with Crippen LogP contribution in [0.1, 0.15) is 19.8 Å². The maximum Gasteiger partial charge on any atom is 0.0903 e. The van der Waals surface area contributed by atoms with E-state index < -0.39 is 0 Å². The van der Waals surface area contributed by atoms with Gasteiger partial charge in [0, 0.05) is 6.42 Å². The average Bonchev–Trinajstić information content (AvgIpc) is 1.80. The standard InChI is InChI=1S/C7H10BrF/c1-7(8)5-3-2-4-6-9/h7H,2,4,6H2,1H3. The van der Waals surface area contributed by atoms with Crippen molar-refractivity contribution in [3.8, 4) is 11.8 Å². The number of hydrogen-bond donors (Lipinski definition) is 0. The molecule has 2 heteroatoms. The van der Waals surface area contributed by atoms with Crippen molar-refractivity contribution in [1.82, 2.24) is 0 Å². The summed E-state index contributed by atoms with van der Waals surface area (Å²) in [6.45, 7) is 1.69. The smallest absolute Gasteiger partial charge is 0.0903 e. The van der Waals surface area contributed by atoms with Crippen LogP contribution in [0.4, 0.5) is 4.39 Å². The monoisotopic (exact) mass is 192 g/mol. The molecule has 0 spiro atoms. The number of rotatable bonds is 2. The van der Waals surface area contributed by atoms with Crippen molar-refractivity contribution in [3.63, 3.8) is 0 Å². The van der Waals surface area contributed by atoms with Gasteiger partial charge in [0.1, 0.15) is 0 Å². The quantitative estimate of drug-likeness (QED) is 0.359. The third kappa shape index (κ3) is 7.97. The lowest BCUT2D eigenvalue weighted by molar-refractivity contribution is 0.477. The number of alkyl halides is 2. The maximum absolute atomic E-state index is 11.4. The summed E-state index contributed by atoms with van der Waals surface area (Å²) >= 11 is 3.26. The Labute approximate surface area is 64.0 Å². The largest absolute Gasteiger partial charge is 0.251 e. The zero-order chi connectivity index (χ0) is 7.11. The van der Waals surface area contributed by atoms with E-state index in [1.807, 2.05) is 6.92 Å². The normalized spacial score (nSPS) is 11.9. The minimum atomic E-state index is -0.259. The van der Waals surface area contributed by atoms with E-state index in [4.69, 9.17) is 0 Å². The minimum Gasteiger partial charge on any atom is -0.251 e. The Bertz CT molecular complexity index is 110. The highest BCUT2D eigenvalue weighted by atomic mass is 79.9. The molecule has 0 rings (SSSR count). The summed E-state index contributed by atoms with van der Waals surface area (Å²) < 4.78 is 11.4. The van der Waals surface area contributed by atoms with E-state index in [0.717, 1.165) is 0 Å². The second-order valence-electron chi connectivity index (χ2n) is 1.73. The second-order valence-corrected chi connectivity index (χ2v) is 3.10. The highest BCUT2D eigenvalue weighted by Gasteiger charge is 1.83. The Morgan fingerprint density at radius 2 is 2.33 bits per heavy atom. The molecule has 0 aliphatic rings. The number of unbranched alkanes of at least 4 members (excludes halogenated alkanes) is 1. The average molecular weight is 193 g/mol. The zero-order valence-corrected chi connectivity index (χ0v) is 7.04. The van der Waals surface area contributed by atoms with E-state index in [1.165, 1.54) is 0 Å². The summed E-state index contributed by atoms with van der Waals surface area (Å²) in [6, 6.07) is 0. The fraction of sp³-hybridized carbons (Fsp3) is 0.714. The van der Waals surface area contributed by atoms with Crippen LogP contribution in [0.3, 0.4) is 0 Å². The van der Waals surface area contributed by atoms with E-state index in [2.05, 4.69) is 27.8 Å². The van der Waals surface area contributed by atoms with Gasteiger partial charge in [-0.3, -0.25) is 4.39 Å². The van der Waals surface area contributed by atoms with Crippen LogP contribution in [-0.2, 0) is 0 Å². The first kappa shape index (κ1) is 8.97. The molecule has 0 aromatic heterocycles. The third-order valence-corrected chi connectivity index (χ3v) is 0.965. The molecule has 0 bridgehead atoms. The van der Waals surface area contributed by atoms with Crippen molar-refractivity contribution in [2.45, 2.75) is 24.6 Å². The molecule has 0 radical (unpaired) electrons. The predicted octanol–water partition coefficient (Wildman–Crippen LogP) is 2.52. The van der Waals surface area contributed by atoms with Crippen LogP contribution in [-0.4, -0.2) is 11.5 Å². The fourth-order valence-electron chi connectivity index (χ4n) is 0.368. The van der Waals surface area contributed by atoms with Gasteiger partial charge in [0.2, 0.25) is 0 Å². The van der Waals surface area contributed by atoms with Crippen LogP contribution in [0.2, 0.25) is 0 Å². The van der Waals surface area contributed by atoms with Gasteiger partial charge in [-0.05, 0) is 13.3 Å². The van der Waals surface area contributed by atoms with Crippen molar-refractivity contribution in [2.75, 3.05) is 6.67 Å². The van der Waals surface area contributed by atoms with Crippen molar-refractivity contribution in [3.05, 3.63) is 0 Å². The molecule has 0 saturated carbocycles. The summed E-state index contributed by atoms with van der Waals surface area (Å²) in [6.07, 6.45) is 1.24. The molecule has 0 aromatic rings. The van der Waals surface area contributed by atoms with Crippen LogP contribution in [0.25, 0.3) is 0 Å². The van der Waals surface area contributed by atoms with E-state index in [-0.39, 0.29) is 11.5 Å². The first-order chi connectivity index (χ1) is 4.27. The van der Waals surface area contributed by atoms with Gasteiger partial charge in [-0.2, -0.15) is 0 Å². The van der Waals surface area contributed by atoms with Crippen molar-refractivity contribution >= 4 is 15.9 Å². The zero-order valence-electron chi connectivity index (χ0n) is 5.45. The summed E-state index contributed by atoms with van der Waals surface area (Å²) in [5.41, 5.74) is 0. The number of hydrogen-bond acceptors (Lipinski definition) is 0. The van der Waals surface area contributed by atoms with Crippen molar-refractivity contribution < 1.29 is 4.39 Å². The summed E-state index contributed by atoms with van der Waals surface area (Å²) in [7, 11) is 0. The van der Waals surface area contributed by atoms with E-state index in [1.54, 1.807) is 0 Å². The highest BCUT2D eigenvalue weighted by molar-refractivity contribution is 9.09. The second kappa shape index (κ2) is 6.10. The molecule has 0 fully saturated rings. The Kier molecular flexibility index (Phi) is 6.08. The molecule has 0 N–H and O–H groups in total. The molecule has 1 unspecified atom stereocenters. The molecule has 0 heterocycles. The Morgan fingerprint density at radius 1 is 1.67 bits per heavy atom. The van der Waals surface area contributed by atoms with Crippen LogP contribution >= 0.6 is 15.9 Å². The number of halogens is 2. The van der Waals surface area contributed by atoms with Gasteiger partial charge in [-0.15, -0.1) is 5.92 Å². The van der Waals surface area contributed by atoms with Gasteiger partial charge in [-0.25, -0.2) is 0 Å². The first-order valence-electron chi connectivity index (χ1n) is 2.96. The summed E-state index contributed by atoms with van der Waals surface area (Å²) in [5, 5.41) is 0. The molecule has 0 amide bonds. The molecular formula is C7H10BrF. The minimum absolute atomic E-state index is 0.233. The molecular weight excluding hydrogens is 183 g/mol. The van der Waals surface area contributed by atoms with Crippen molar-refractivity contribution in [2.24, 2.45) is 0 Å². The predicted molar refractivity (Wildman–Crippen MR) is 41.4 cm³/mol. The molecule has 1 atom stereocenters. The Hall–Kier alpha value is -0.0300. The topological polar surface area (TPSA) is 0 Å². The van der Waals surface area contributed by atoms with Gasteiger partial charge < -0.3 is 0 Å². The third-order valence-electron chi connectivity index (χ3n) is 0.736. The lowest BCUT2D eigenvalue weighted by Gasteiger charge is -1.84. The molecule has 0 aliphatic heterocycles. The van der Waals surface area contributed by atoms with Gasteiger partial charge in [0.15, 0.2) is 0 Å². The van der Waals surface area contributed by atoms with E-state index >= 15 is 0 Å². The maximum atomic E-state index is 11.4. The van der Waals surface area contributed by atoms with Crippen LogP contribution < -0.4 is 0 Å². The first-order valence-corrected chi connectivity index (χ1v) is 3.87. The van der Waals surface area contributed by atoms with Gasteiger partial charge in [-0.1, -0.05) is 21.9 Å². The molecule has 0 nitrogen and oxygen atoms in total. The molecule has 0 aliphatic carbocycles. The van der Waals surface area contributed by atoms with Crippen molar-refractivity contribution in [1.29, 1.82) is 0 Å². The summed E-state index contributed by atoms with van der Waals surface area (Å²) in [5.74, 6) is 5.73. The van der Waals surface area contributed by atoms with Gasteiger partial charge >= 0.3 is 0 Å². The summed E-state index contributed by atoms with van der Waals surface area (Å²) in [4.78, 5) is 0.233.